The second kappa shape index (κ2) is 12.3. The number of ether oxygens (including phenoxy) is 3. The Kier molecular flexibility index (Phi) is 9.57. The molecule has 13 heteroatoms. The van der Waals surface area contributed by atoms with Crippen molar-refractivity contribution in [2.45, 2.75) is 45.9 Å². The SMILES string of the molecule is COc1nn(C)c(CN(C)C(=O)c2ncccc2C(C)Oc2cc(I)cnc2NC(=O)OC(C)(C)C)c1Br. The minimum Gasteiger partial charge on any atom is -0.482 e. The van der Waals surface area contributed by atoms with Gasteiger partial charge < -0.3 is 19.1 Å². The molecule has 0 saturated heterocycles. The van der Waals surface area contributed by atoms with Crippen LogP contribution in [0, 0.1) is 3.57 Å². The van der Waals surface area contributed by atoms with Crippen molar-refractivity contribution in [3.63, 3.8) is 0 Å². The van der Waals surface area contributed by atoms with Gasteiger partial charge in [0.05, 0.1) is 19.3 Å². The summed E-state index contributed by atoms with van der Waals surface area (Å²) < 4.78 is 19.9. The van der Waals surface area contributed by atoms with Gasteiger partial charge in [0.15, 0.2) is 11.6 Å². The van der Waals surface area contributed by atoms with E-state index in [1.165, 1.54) is 7.11 Å². The molecular formula is C25H30BrIN6O5. The second-order valence-electron chi connectivity index (χ2n) is 9.38. The van der Waals surface area contributed by atoms with E-state index in [0.717, 1.165) is 9.26 Å². The largest absolute Gasteiger partial charge is 0.482 e. The number of halogens is 2. The number of hydrogen-bond donors (Lipinski definition) is 1. The summed E-state index contributed by atoms with van der Waals surface area (Å²) in [7, 11) is 5.00. The van der Waals surface area contributed by atoms with Crippen LogP contribution in [0.5, 0.6) is 11.6 Å². The molecule has 38 heavy (non-hydrogen) atoms. The summed E-state index contributed by atoms with van der Waals surface area (Å²) in [5, 5.41) is 6.93. The molecule has 0 aliphatic carbocycles. The van der Waals surface area contributed by atoms with E-state index in [0.29, 0.717) is 21.7 Å². The van der Waals surface area contributed by atoms with Crippen LogP contribution in [0.4, 0.5) is 10.6 Å². The zero-order chi connectivity index (χ0) is 28.2. The fourth-order valence-electron chi connectivity index (χ4n) is 3.47. The quantitative estimate of drug-likeness (QED) is 0.313. The number of rotatable bonds is 8. The Bertz CT molecular complexity index is 1330. The molecule has 3 aromatic heterocycles. The standard InChI is InChI=1S/C25H30BrIN6O5/c1-14(37-18-11-15(27)12-29-21(18)30-24(35)38-25(2,3)4)16-9-8-10-28-20(16)23(34)32(5)13-17-19(26)22(36-7)31-33(17)6/h8-12,14H,13H2,1-7H3,(H,29,30,35). The topological polar surface area (TPSA) is 121 Å². The van der Waals surface area contributed by atoms with Crippen molar-refractivity contribution < 1.29 is 23.8 Å². The molecule has 0 aromatic carbocycles. The highest BCUT2D eigenvalue weighted by Crippen LogP contribution is 2.31. The van der Waals surface area contributed by atoms with Gasteiger partial charge in [0, 0.05) is 35.6 Å². The van der Waals surface area contributed by atoms with E-state index in [9.17, 15) is 9.59 Å². The molecule has 0 saturated carbocycles. The number of methoxy groups -OCH3 is 1. The molecule has 0 bridgehead atoms. The third-order valence-electron chi connectivity index (χ3n) is 5.22. The van der Waals surface area contributed by atoms with Crippen molar-refractivity contribution in [2.75, 3.05) is 19.5 Å². The van der Waals surface area contributed by atoms with Gasteiger partial charge in [-0.25, -0.2) is 9.78 Å². The van der Waals surface area contributed by atoms with Gasteiger partial charge in [-0.2, -0.15) is 0 Å². The van der Waals surface area contributed by atoms with Gasteiger partial charge in [-0.05, 0) is 78.3 Å². The molecule has 0 fully saturated rings. The Morgan fingerprint density at radius 1 is 1.29 bits per heavy atom. The lowest BCUT2D eigenvalue weighted by atomic mass is 10.1. The number of carbonyl (C=O) groups excluding carboxylic acids is 2. The molecule has 1 atom stereocenters. The number of nitrogens with one attached hydrogen (secondary N) is 1. The van der Waals surface area contributed by atoms with Crippen molar-refractivity contribution in [1.82, 2.24) is 24.6 Å². The fourth-order valence-corrected chi connectivity index (χ4v) is 4.51. The van der Waals surface area contributed by atoms with E-state index in [4.69, 9.17) is 14.2 Å². The molecule has 1 N–H and O–H groups in total. The summed E-state index contributed by atoms with van der Waals surface area (Å²) in [6, 6.07) is 5.26. The van der Waals surface area contributed by atoms with Crippen molar-refractivity contribution >= 4 is 56.3 Å². The van der Waals surface area contributed by atoms with Crippen LogP contribution >= 0.6 is 38.5 Å². The van der Waals surface area contributed by atoms with Gasteiger partial charge in [0.25, 0.3) is 5.91 Å². The number of aromatic nitrogens is 4. The first kappa shape index (κ1) is 29.6. The smallest absolute Gasteiger partial charge is 0.413 e. The number of pyridine rings is 2. The maximum Gasteiger partial charge on any atom is 0.413 e. The highest BCUT2D eigenvalue weighted by molar-refractivity contribution is 14.1. The molecule has 0 aliphatic heterocycles. The van der Waals surface area contributed by atoms with Crippen LogP contribution in [0.3, 0.4) is 0 Å². The number of aryl methyl sites for hydroxylation is 1. The number of carbonyl (C=O) groups is 2. The van der Waals surface area contributed by atoms with Gasteiger partial charge in [0.2, 0.25) is 5.88 Å². The van der Waals surface area contributed by atoms with Crippen LogP contribution in [0.15, 0.2) is 35.1 Å². The Morgan fingerprint density at radius 3 is 2.63 bits per heavy atom. The predicted molar refractivity (Wildman–Crippen MR) is 153 cm³/mol. The highest BCUT2D eigenvalue weighted by Gasteiger charge is 2.25. The lowest BCUT2D eigenvalue weighted by Crippen LogP contribution is -2.30. The third kappa shape index (κ3) is 7.34. The fraction of sp³-hybridized carbons (Fsp3) is 0.400. The average molecular weight is 701 g/mol. The van der Waals surface area contributed by atoms with Crippen molar-refractivity contribution in [2.24, 2.45) is 7.05 Å². The van der Waals surface area contributed by atoms with Gasteiger partial charge in [-0.3, -0.25) is 19.8 Å². The average Bonchev–Trinajstić information content (AvgIpc) is 3.11. The van der Waals surface area contributed by atoms with Crippen LogP contribution in [-0.2, 0) is 18.3 Å². The molecule has 1 unspecified atom stereocenters. The molecule has 3 heterocycles. The molecule has 0 aliphatic rings. The minimum atomic E-state index is -0.672. The number of amides is 2. The molecule has 11 nitrogen and oxygen atoms in total. The van der Waals surface area contributed by atoms with E-state index in [-0.39, 0.29) is 24.0 Å². The Morgan fingerprint density at radius 2 is 2.00 bits per heavy atom. The maximum absolute atomic E-state index is 13.5. The van der Waals surface area contributed by atoms with Crippen LogP contribution in [0.25, 0.3) is 0 Å². The maximum atomic E-state index is 13.5. The van der Waals surface area contributed by atoms with E-state index in [1.807, 2.05) is 0 Å². The zero-order valence-electron chi connectivity index (χ0n) is 22.2. The lowest BCUT2D eigenvalue weighted by Gasteiger charge is -2.23. The van der Waals surface area contributed by atoms with Gasteiger partial charge >= 0.3 is 6.09 Å². The van der Waals surface area contributed by atoms with E-state index < -0.39 is 17.8 Å². The highest BCUT2D eigenvalue weighted by atomic mass is 127. The second-order valence-corrected chi connectivity index (χ2v) is 11.4. The van der Waals surface area contributed by atoms with Gasteiger partial charge in [-0.15, -0.1) is 5.10 Å². The molecule has 2 amide bonds. The first-order chi connectivity index (χ1) is 17.8. The molecular weight excluding hydrogens is 671 g/mol. The summed E-state index contributed by atoms with van der Waals surface area (Å²) in [5.74, 6) is 0.675. The Labute approximate surface area is 243 Å². The van der Waals surface area contributed by atoms with Gasteiger partial charge in [-0.1, -0.05) is 6.07 Å². The molecule has 0 radical (unpaired) electrons. The summed E-state index contributed by atoms with van der Waals surface area (Å²) in [5.41, 5.74) is 0.915. The number of anilines is 1. The van der Waals surface area contributed by atoms with Crippen molar-refractivity contribution in [3.8, 4) is 11.6 Å². The van der Waals surface area contributed by atoms with Crippen LogP contribution < -0.4 is 14.8 Å². The van der Waals surface area contributed by atoms with Crippen LogP contribution in [-0.4, -0.2) is 56.4 Å². The van der Waals surface area contributed by atoms with Gasteiger partial charge in [0.1, 0.15) is 21.9 Å². The predicted octanol–water partition coefficient (Wildman–Crippen LogP) is 5.35. The minimum absolute atomic E-state index is 0.204. The summed E-state index contributed by atoms with van der Waals surface area (Å²) in [6.45, 7) is 7.38. The molecule has 3 rings (SSSR count). The van der Waals surface area contributed by atoms with Crippen LogP contribution in [0.2, 0.25) is 0 Å². The summed E-state index contributed by atoms with van der Waals surface area (Å²) >= 11 is 5.60. The third-order valence-corrected chi connectivity index (χ3v) is 6.61. The molecule has 204 valence electrons. The van der Waals surface area contributed by atoms with Crippen LogP contribution in [0.1, 0.15) is 55.5 Å². The van der Waals surface area contributed by atoms with Crippen molar-refractivity contribution in [1.29, 1.82) is 0 Å². The monoisotopic (exact) mass is 700 g/mol. The summed E-state index contributed by atoms with van der Waals surface area (Å²) in [6.07, 6.45) is 1.91. The normalized spacial score (nSPS) is 12.0. The first-order valence-corrected chi connectivity index (χ1v) is 13.5. The number of hydrogen-bond acceptors (Lipinski definition) is 8. The van der Waals surface area contributed by atoms with E-state index >= 15 is 0 Å². The number of nitrogens with zero attached hydrogens (tertiary/aromatic N) is 5. The Balaban J connectivity index is 1.83. The zero-order valence-corrected chi connectivity index (χ0v) is 25.9. The van der Waals surface area contributed by atoms with Crippen molar-refractivity contribution in [3.05, 3.63) is 55.6 Å². The summed E-state index contributed by atoms with van der Waals surface area (Å²) in [4.78, 5) is 36.0. The molecule has 0 spiro atoms. The van der Waals surface area contributed by atoms with E-state index in [1.54, 1.807) is 82.0 Å². The van der Waals surface area contributed by atoms with E-state index in [2.05, 4.69) is 58.9 Å². The lowest BCUT2D eigenvalue weighted by molar-refractivity contribution is 0.0633. The first-order valence-electron chi connectivity index (χ1n) is 11.6. The Hall–Kier alpha value is -2.94. The molecule has 3 aromatic rings.